The molecule has 1 atom stereocenters. The highest BCUT2D eigenvalue weighted by Crippen LogP contribution is 2.34. The number of halogens is 1. The molecule has 0 heterocycles. The second-order valence-corrected chi connectivity index (χ2v) is 5.68. The summed E-state index contributed by atoms with van der Waals surface area (Å²) >= 11 is 0. The summed E-state index contributed by atoms with van der Waals surface area (Å²) in [5.74, 6) is -0.255. The molecule has 1 aliphatic rings. The van der Waals surface area contributed by atoms with E-state index in [1.807, 2.05) is 6.92 Å². The highest BCUT2D eigenvalue weighted by Gasteiger charge is 2.37. The van der Waals surface area contributed by atoms with Crippen LogP contribution in [0.2, 0.25) is 0 Å². The Kier molecular flexibility index (Phi) is 5.24. The van der Waals surface area contributed by atoms with Gasteiger partial charge in [-0.3, -0.25) is 0 Å². The average molecular weight is 310 g/mol. The van der Waals surface area contributed by atoms with Gasteiger partial charge in [0.2, 0.25) is 0 Å². The second-order valence-electron chi connectivity index (χ2n) is 5.68. The van der Waals surface area contributed by atoms with Crippen LogP contribution in [0.3, 0.4) is 0 Å². The van der Waals surface area contributed by atoms with Crippen molar-refractivity contribution >= 4 is 6.03 Å². The van der Waals surface area contributed by atoms with Gasteiger partial charge < -0.3 is 20.1 Å². The minimum Gasteiger partial charge on any atom is -0.494 e. The predicted molar refractivity (Wildman–Crippen MR) is 81.5 cm³/mol. The van der Waals surface area contributed by atoms with Gasteiger partial charge in [0.1, 0.15) is 0 Å². The number of amides is 2. The molecule has 1 aromatic rings. The van der Waals surface area contributed by atoms with E-state index >= 15 is 0 Å². The summed E-state index contributed by atoms with van der Waals surface area (Å²) in [6.07, 6.45) is 3.06. The Morgan fingerprint density at radius 1 is 1.41 bits per heavy atom. The van der Waals surface area contributed by atoms with Crippen molar-refractivity contribution in [3.63, 3.8) is 0 Å². The van der Waals surface area contributed by atoms with Crippen molar-refractivity contribution in [2.45, 2.75) is 37.8 Å². The van der Waals surface area contributed by atoms with Crippen molar-refractivity contribution in [3.05, 3.63) is 29.6 Å². The molecule has 2 rings (SSSR count). The molecule has 1 aromatic carbocycles. The number of urea groups is 1. The van der Waals surface area contributed by atoms with Gasteiger partial charge in [0.15, 0.2) is 11.6 Å². The van der Waals surface area contributed by atoms with Crippen LogP contribution in [0.4, 0.5) is 9.18 Å². The molecule has 0 aliphatic heterocycles. The molecule has 1 aliphatic carbocycles. The smallest absolute Gasteiger partial charge is 0.315 e. The van der Waals surface area contributed by atoms with Crippen molar-refractivity contribution in [1.82, 2.24) is 10.6 Å². The van der Waals surface area contributed by atoms with Crippen LogP contribution in [0, 0.1) is 5.82 Å². The van der Waals surface area contributed by atoms with Crippen molar-refractivity contribution in [2.24, 2.45) is 0 Å². The van der Waals surface area contributed by atoms with Gasteiger partial charge in [-0.15, -0.1) is 0 Å². The number of carbonyl (C=O) groups is 1. The van der Waals surface area contributed by atoms with Crippen molar-refractivity contribution in [2.75, 3.05) is 20.8 Å². The number of rotatable bonds is 6. The van der Waals surface area contributed by atoms with E-state index in [-0.39, 0.29) is 23.4 Å². The molecule has 0 spiro atoms. The molecule has 0 radical (unpaired) electrons. The van der Waals surface area contributed by atoms with E-state index in [4.69, 9.17) is 9.47 Å². The summed E-state index contributed by atoms with van der Waals surface area (Å²) < 4.78 is 23.8. The zero-order valence-corrected chi connectivity index (χ0v) is 13.2. The van der Waals surface area contributed by atoms with E-state index in [9.17, 15) is 9.18 Å². The van der Waals surface area contributed by atoms with Crippen LogP contribution >= 0.6 is 0 Å². The maximum Gasteiger partial charge on any atom is 0.315 e. The molecule has 22 heavy (non-hydrogen) atoms. The first-order valence-corrected chi connectivity index (χ1v) is 7.42. The first-order chi connectivity index (χ1) is 10.5. The fraction of sp³-hybridized carbons (Fsp3) is 0.562. The van der Waals surface area contributed by atoms with Gasteiger partial charge >= 0.3 is 6.03 Å². The fourth-order valence-corrected chi connectivity index (χ4v) is 2.54. The zero-order chi connectivity index (χ0) is 16.2. The van der Waals surface area contributed by atoms with E-state index in [2.05, 4.69) is 10.6 Å². The van der Waals surface area contributed by atoms with Gasteiger partial charge in [-0.25, -0.2) is 9.18 Å². The highest BCUT2D eigenvalue weighted by molar-refractivity contribution is 5.74. The summed E-state index contributed by atoms with van der Waals surface area (Å²) in [6.45, 7) is 2.33. The van der Waals surface area contributed by atoms with Gasteiger partial charge in [-0.2, -0.15) is 0 Å². The van der Waals surface area contributed by atoms with Gasteiger partial charge in [-0.1, -0.05) is 6.07 Å². The molecule has 122 valence electrons. The third kappa shape index (κ3) is 3.68. The van der Waals surface area contributed by atoms with Crippen LogP contribution in [0.5, 0.6) is 5.75 Å². The summed E-state index contributed by atoms with van der Waals surface area (Å²) in [5, 5.41) is 5.66. The predicted octanol–water partition coefficient (Wildman–Crippen LogP) is 2.76. The summed E-state index contributed by atoms with van der Waals surface area (Å²) in [4.78, 5) is 12.0. The molecule has 0 bridgehead atoms. The lowest BCUT2D eigenvalue weighted by atomic mass is 9.80. The Hall–Kier alpha value is -1.82. The number of carbonyl (C=O) groups excluding carboxylic acids is 1. The van der Waals surface area contributed by atoms with Gasteiger partial charge in [0.25, 0.3) is 0 Å². The van der Waals surface area contributed by atoms with Crippen molar-refractivity contribution < 1.29 is 18.7 Å². The minimum atomic E-state index is -0.421. The first-order valence-electron chi connectivity index (χ1n) is 7.42. The van der Waals surface area contributed by atoms with E-state index in [0.29, 0.717) is 6.54 Å². The van der Waals surface area contributed by atoms with Crippen molar-refractivity contribution in [1.29, 1.82) is 0 Å². The third-order valence-electron chi connectivity index (χ3n) is 4.29. The molecule has 1 unspecified atom stereocenters. The molecule has 1 fully saturated rings. The number of benzene rings is 1. The van der Waals surface area contributed by atoms with E-state index < -0.39 is 5.82 Å². The normalized spacial score (nSPS) is 17.3. The number of methoxy groups -OCH3 is 2. The van der Waals surface area contributed by atoms with Crippen LogP contribution in [0.25, 0.3) is 0 Å². The lowest BCUT2D eigenvalue weighted by Crippen LogP contribution is -2.51. The topological polar surface area (TPSA) is 59.6 Å². The Morgan fingerprint density at radius 2 is 2.14 bits per heavy atom. The van der Waals surface area contributed by atoms with Gasteiger partial charge in [-0.05, 0) is 43.9 Å². The molecule has 5 nitrogen and oxygen atoms in total. The maximum absolute atomic E-state index is 13.4. The Morgan fingerprint density at radius 3 is 2.68 bits per heavy atom. The van der Waals surface area contributed by atoms with E-state index in [0.717, 1.165) is 24.8 Å². The van der Waals surface area contributed by atoms with Gasteiger partial charge in [0.05, 0.1) is 18.8 Å². The van der Waals surface area contributed by atoms with Crippen LogP contribution in [-0.2, 0) is 4.74 Å². The Balaban J connectivity index is 1.88. The Bertz CT molecular complexity index is 527. The van der Waals surface area contributed by atoms with E-state index in [1.54, 1.807) is 19.2 Å². The number of ether oxygens (including phenoxy) is 2. The lowest BCUT2D eigenvalue weighted by Gasteiger charge is -2.40. The summed E-state index contributed by atoms with van der Waals surface area (Å²) in [7, 11) is 3.09. The quantitative estimate of drug-likeness (QED) is 0.849. The van der Waals surface area contributed by atoms with Crippen molar-refractivity contribution in [3.8, 4) is 5.75 Å². The van der Waals surface area contributed by atoms with Crippen LogP contribution in [-0.4, -0.2) is 32.4 Å². The molecule has 0 aromatic heterocycles. The highest BCUT2D eigenvalue weighted by atomic mass is 19.1. The molecule has 2 N–H and O–H groups in total. The molecule has 1 saturated carbocycles. The average Bonchev–Trinajstić information content (AvgIpc) is 2.47. The van der Waals surface area contributed by atoms with Crippen LogP contribution < -0.4 is 15.4 Å². The molecule has 2 amide bonds. The lowest BCUT2D eigenvalue weighted by molar-refractivity contribution is -0.0674. The molecular formula is C16H23FN2O3. The minimum absolute atomic E-state index is 0.166. The number of nitrogens with one attached hydrogen (secondary N) is 2. The summed E-state index contributed by atoms with van der Waals surface area (Å²) in [6, 6.07) is 4.03. The van der Waals surface area contributed by atoms with Crippen LogP contribution in [0.15, 0.2) is 18.2 Å². The second kappa shape index (κ2) is 6.96. The fourth-order valence-electron chi connectivity index (χ4n) is 2.54. The first kappa shape index (κ1) is 16.5. The van der Waals surface area contributed by atoms with Crippen LogP contribution in [0.1, 0.15) is 37.8 Å². The monoisotopic (exact) mass is 310 g/mol. The van der Waals surface area contributed by atoms with E-state index in [1.165, 1.54) is 13.2 Å². The van der Waals surface area contributed by atoms with Gasteiger partial charge in [0, 0.05) is 13.7 Å². The maximum atomic E-state index is 13.4. The number of hydrogen-bond acceptors (Lipinski definition) is 3. The standard InChI is InChI=1S/C16H23FN2O3/c1-11(12-5-6-13(17)14(9-12)21-2)19-15(20)18-10-16(22-3)7-4-8-16/h5-6,9,11H,4,7-8,10H2,1-3H3,(H2,18,19,20). The largest absolute Gasteiger partial charge is 0.494 e. The zero-order valence-electron chi connectivity index (χ0n) is 13.2. The molecular weight excluding hydrogens is 287 g/mol. The third-order valence-corrected chi connectivity index (χ3v) is 4.29. The molecule has 6 heteroatoms. The molecule has 0 saturated heterocycles. The SMILES string of the molecule is COc1cc(C(C)NC(=O)NCC2(OC)CCC2)ccc1F. The Labute approximate surface area is 130 Å². The number of hydrogen-bond donors (Lipinski definition) is 2. The summed E-state index contributed by atoms with van der Waals surface area (Å²) in [5.41, 5.74) is 0.568.